The molecule has 15 heteroatoms. The van der Waals surface area contributed by atoms with Crippen LogP contribution in [0.2, 0.25) is 15.1 Å². The van der Waals surface area contributed by atoms with Gasteiger partial charge in [-0.3, -0.25) is 24.0 Å². The predicted octanol–water partition coefficient (Wildman–Crippen LogP) is 6.79. The molecule has 0 aliphatic carbocycles. The van der Waals surface area contributed by atoms with E-state index in [0.29, 0.717) is 10.6 Å². The van der Waals surface area contributed by atoms with Crippen molar-refractivity contribution in [3.05, 3.63) is 90.9 Å². The molecular weight excluding hydrogens is 679 g/mol. The van der Waals surface area contributed by atoms with E-state index in [9.17, 15) is 28.1 Å². The average molecular weight is 714 g/mol. The Bertz CT molecular complexity index is 1750. The lowest BCUT2D eigenvalue weighted by atomic mass is 10.1. The van der Waals surface area contributed by atoms with Crippen molar-refractivity contribution < 1.29 is 27.7 Å². The number of nitrogens with one attached hydrogen (secondary N) is 1. The third-order valence-electron chi connectivity index (χ3n) is 6.89. The summed E-state index contributed by atoms with van der Waals surface area (Å²) in [7, 11) is -3.36. The first-order chi connectivity index (χ1) is 21.4. The minimum atomic E-state index is -4.67. The summed E-state index contributed by atoms with van der Waals surface area (Å²) >= 11 is 18.8. The topological polar surface area (TPSA) is 139 Å². The molecule has 0 aliphatic rings. The smallest absolute Gasteiger partial charge is 0.273 e. The van der Waals surface area contributed by atoms with E-state index in [1.54, 1.807) is 39.8 Å². The second-order valence-corrected chi connectivity index (χ2v) is 14.6. The lowest BCUT2D eigenvalue weighted by molar-refractivity contribution is -0.385. The number of carbonyl (C=O) groups excluding carboxylic acids is 2. The van der Waals surface area contributed by atoms with Crippen LogP contribution in [-0.2, 0) is 26.2 Å². The normalized spacial score (nSPS) is 12.3. The van der Waals surface area contributed by atoms with Crippen LogP contribution in [0.3, 0.4) is 0 Å². The number of carbonyl (C=O) groups is 2. The van der Waals surface area contributed by atoms with Gasteiger partial charge >= 0.3 is 0 Å². The molecule has 0 saturated heterocycles. The molecule has 2 amide bonds. The highest BCUT2D eigenvalue weighted by Gasteiger charge is 2.36. The zero-order valence-corrected chi connectivity index (χ0v) is 29.2. The van der Waals surface area contributed by atoms with Crippen molar-refractivity contribution in [1.29, 1.82) is 0 Å². The molecule has 0 radical (unpaired) electrons. The number of anilines is 1. The minimum absolute atomic E-state index is 0.0622. The standard InChI is InChI=1S/C31H35Cl3N4O7S/c1-7-25(30(40)35-31(3,4)5)36(17-20-9-10-21(32)14-24(20)34)29(39)18-37(27-15-22(33)11-13-28(27)45-6)46(43,44)23-12-8-19(2)26(16-23)38(41)42/h8-16,25H,7,17-18H2,1-6H3,(H,35,40). The Hall–Kier alpha value is -3.58. The van der Waals surface area contributed by atoms with Gasteiger partial charge in [-0.1, -0.05) is 53.9 Å². The fourth-order valence-corrected chi connectivity index (χ4v) is 6.72. The summed E-state index contributed by atoms with van der Waals surface area (Å²) in [6.07, 6.45) is 0.177. The number of sulfonamides is 1. The Kier molecular flexibility index (Phi) is 11.9. The lowest BCUT2D eigenvalue weighted by Crippen LogP contribution is -2.55. The largest absolute Gasteiger partial charge is 0.495 e. The Balaban J connectivity index is 2.22. The molecule has 1 unspecified atom stereocenters. The summed E-state index contributed by atoms with van der Waals surface area (Å²) in [5, 5.41) is 15.3. The minimum Gasteiger partial charge on any atom is -0.495 e. The lowest BCUT2D eigenvalue weighted by Gasteiger charge is -2.35. The second kappa shape index (κ2) is 14.9. The van der Waals surface area contributed by atoms with E-state index in [-0.39, 0.29) is 40.0 Å². The van der Waals surface area contributed by atoms with Crippen LogP contribution >= 0.6 is 34.8 Å². The maximum Gasteiger partial charge on any atom is 0.273 e. The predicted molar refractivity (Wildman–Crippen MR) is 179 cm³/mol. The summed E-state index contributed by atoms with van der Waals surface area (Å²) < 4.78 is 34.8. The molecular formula is C31H35Cl3N4O7S. The monoisotopic (exact) mass is 712 g/mol. The summed E-state index contributed by atoms with van der Waals surface area (Å²) in [4.78, 5) is 39.7. The number of nitro groups is 1. The number of methoxy groups -OCH3 is 1. The number of benzene rings is 3. The van der Waals surface area contributed by atoms with Gasteiger partial charge in [-0.15, -0.1) is 0 Å². The van der Waals surface area contributed by atoms with E-state index < -0.39 is 55.5 Å². The SMILES string of the molecule is CCC(C(=O)NC(C)(C)C)N(Cc1ccc(Cl)cc1Cl)C(=O)CN(c1cc(Cl)ccc1OC)S(=O)(=O)c1ccc(C)c([N+](=O)[O-])c1. The van der Waals surface area contributed by atoms with E-state index in [2.05, 4.69) is 5.32 Å². The van der Waals surface area contributed by atoms with Gasteiger partial charge in [0, 0.05) is 38.8 Å². The summed E-state index contributed by atoms with van der Waals surface area (Å²) in [5.74, 6) is -1.17. The van der Waals surface area contributed by atoms with Crippen LogP contribution in [0.5, 0.6) is 5.75 Å². The Morgan fingerprint density at radius 1 is 1.02 bits per heavy atom. The molecule has 11 nitrogen and oxygen atoms in total. The number of rotatable bonds is 12. The van der Waals surface area contributed by atoms with Crippen molar-refractivity contribution in [1.82, 2.24) is 10.2 Å². The van der Waals surface area contributed by atoms with Gasteiger partial charge in [0.1, 0.15) is 18.3 Å². The molecule has 46 heavy (non-hydrogen) atoms. The molecule has 3 rings (SSSR count). The molecule has 0 aromatic heterocycles. The van der Waals surface area contributed by atoms with Crippen LogP contribution in [0, 0.1) is 17.0 Å². The third kappa shape index (κ3) is 8.81. The zero-order valence-electron chi connectivity index (χ0n) is 26.1. The fraction of sp³-hybridized carbons (Fsp3) is 0.355. The highest BCUT2D eigenvalue weighted by atomic mass is 35.5. The van der Waals surface area contributed by atoms with Crippen molar-refractivity contribution in [2.24, 2.45) is 0 Å². The number of aryl methyl sites for hydroxylation is 1. The van der Waals surface area contributed by atoms with E-state index >= 15 is 0 Å². The van der Waals surface area contributed by atoms with E-state index in [4.69, 9.17) is 39.5 Å². The highest BCUT2D eigenvalue weighted by Crippen LogP contribution is 2.36. The van der Waals surface area contributed by atoms with Crippen LogP contribution in [0.15, 0.2) is 59.5 Å². The molecule has 0 spiro atoms. The summed E-state index contributed by atoms with van der Waals surface area (Å²) in [6.45, 7) is 7.58. The number of nitrogens with zero attached hydrogens (tertiary/aromatic N) is 3. The number of hydrogen-bond acceptors (Lipinski definition) is 7. The van der Waals surface area contributed by atoms with Gasteiger partial charge in [0.05, 0.1) is 22.6 Å². The number of amides is 2. The van der Waals surface area contributed by atoms with Crippen LogP contribution in [0.4, 0.5) is 11.4 Å². The highest BCUT2D eigenvalue weighted by molar-refractivity contribution is 7.92. The fourth-order valence-electron chi connectivity index (χ4n) is 4.65. The van der Waals surface area contributed by atoms with Gasteiger partial charge < -0.3 is 15.0 Å². The van der Waals surface area contributed by atoms with Crippen molar-refractivity contribution >= 4 is 68.0 Å². The first-order valence-electron chi connectivity index (χ1n) is 14.1. The molecule has 0 aliphatic heterocycles. The maximum atomic E-state index is 14.4. The number of halogens is 3. The number of hydrogen-bond donors (Lipinski definition) is 1. The molecule has 0 fully saturated rings. The van der Waals surface area contributed by atoms with Gasteiger partial charge in [0.15, 0.2) is 0 Å². The molecule has 0 bridgehead atoms. The summed E-state index contributed by atoms with van der Waals surface area (Å²) in [5.41, 5.74) is -0.447. The van der Waals surface area contributed by atoms with Crippen LogP contribution < -0.4 is 14.4 Å². The van der Waals surface area contributed by atoms with Gasteiger partial charge in [0.2, 0.25) is 11.8 Å². The third-order valence-corrected chi connectivity index (χ3v) is 9.47. The van der Waals surface area contributed by atoms with Crippen LogP contribution in [-0.4, -0.2) is 55.3 Å². The molecule has 0 heterocycles. The van der Waals surface area contributed by atoms with E-state index in [0.717, 1.165) is 10.4 Å². The summed E-state index contributed by atoms with van der Waals surface area (Å²) in [6, 6.07) is 11.3. The Morgan fingerprint density at radius 3 is 2.22 bits per heavy atom. The Labute approximate surface area is 283 Å². The van der Waals surface area contributed by atoms with Gasteiger partial charge in [-0.2, -0.15) is 0 Å². The van der Waals surface area contributed by atoms with Crippen molar-refractivity contribution in [2.45, 2.75) is 64.1 Å². The van der Waals surface area contributed by atoms with Crippen molar-refractivity contribution in [3.8, 4) is 5.75 Å². The van der Waals surface area contributed by atoms with Gasteiger partial charge in [-0.05, 0) is 76.1 Å². The van der Waals surface area contributed by atoms with Crippen LogP contribution in [0.1, 0.15) is 45.2 Å². The number of ether oxygens (including phenoxy) is 1. The van der Waals surface area contributed by atoms with Gasteiger partial charge in [-0.25, -0.2) is 8.42 Å². The first-order valence-corrected chi connectivity index (χ1v) is 16.6. The number of nitro benzene ring substituents is 1. The van der Waals surface area contributed by atoms with Crippen molar-refractivity contribution in [3.63, 3.8) is 0 Å². The molecule has 1 atom stereocenters. The van der Waals surface area contributed by atoms with Crippen molar-refractivity contribution in [2.75, 3.05) is 18.0 Å². The molecule has 1 N–H and O–H groups in total. The van der Waals surface area contributed by atoms with Crippen LogP contribution in [0.25, 0.3) is 0 Å². The van der Waals surface area contributed by atoms with E-state index in [1.165, 1.54) is 55.3 Å². The quantitative estimate of drug-likeness (QED) is 0.161. The molecule has 3 aromatic carbocycles. The average Bonchev–Trinajstić information content (AvgIpc) is 2.95. The molecule has 248 valence electrons. The van der Waals surface area contributed by atoms with Gasteiger partial charge in [0.25, 0.3) is 15.7 Å². The molecule has 0 saturated carbocycles. The second-order valence-electron chi connectivity index (χ2n) is 11.5. The first kappa shape index (κ1) is 36.9. The molecule has 3 aromatic rings. The van der Waals surface area contributed by atoms with E-state index in [1.807, 2.05) is 0 Å². The maximum absolute atomic E-state index is 14.4. The zero-order chi connectivity index (χ0) is 34.6. The Morgan fingerprint density at radius 2 is 1.65 bits per heavy atom.